The van der Waals surface area contributed by atoms with Gasteiger partial charge < -0.3 is 19.7 Å². The summed E-state index contributed by atoms with van der Waals surface area (Å²) in [7, 11) is 1.36. The van der Waals surface area contributed by atoms with Crippen LogP contribution in [0.1, 0.15) is 46.5 Å². The first-order valence-electron chi connectivity index (χ1n) is 13.6. The van der Waals surface area contributed by atoms with E-state index >= 15 is 0 Å². The van der Waals surface area contributed by atoms with E-state index in [1.165, 1.54) is 55.6 Å². The molecule has 1 amide bonds. The van der Waals surface area contributed by atoms with E-state index in [1.54, 1.807) is 12.3 Å². The van der Waals surface area contributed by atoms with Crippen molar-refractivity contribution in [1.82, 2.24) is 24.8 Å². The number of hydrogen-bond acceptors (Lipinski definition) is 7. The van der Waals surface area contributed by atoms with Gasteiger partial charge >= 0.3 is 0 Å². The van der Waals surface area contributed by atoms with Gasteiger partial charge in [0.15, 0.2) is 17.2 Å². The molecule has 39 heavy (non-hydrogen) atoms. The number of nitrogens with one attached hydrogen (secondary N) is 1. The molecule has 1 fully saturated rings. The molecule has 3 heterocycles. The summed E-state index contributed by atoms with van der Waals surface area (Å²) in [6, 6.07) is 5.70. The quantitative estimate of drug-likeness (QED) is 0.416. The summed E-state index contributed by atoms with van der Waals surface area (Å²) in [5, 5.41) is 3.04. The maximum Gasteiger partial charge on any atom is 0.263 e. The van der Waals surface area contributed by atoms with Crippen molar-refractivity contribution in [2.24, 2.45) is 5.92 Å². The molecule has 0 unspecified atom stereocenters. The highest BCUT2D eigenvalue weighted by Gasteiger charge is 2.19. The molecule has 0 aliphatic carbocycles. The van der Waals surface area contributed by atoms with Crippen LogP contribution < -0.4 is 20.3 Å². The van der Waals surface area contributed by atoms with Crippen LogP contribution in [-0.4, -0.2) is 64.7 Å². The maximum atomic E-state index is 14.1. The van der Waals surface area contributed by atoms with Gasteiger partial charge in [0, 0.05) is 24.1 Å². The Kier molecular flexibility index (Phi) is 9.50. The summed E-state index contributed by atoms with van der Waals surface area (Å²) >= 11 is 0. The zero-order valence-electron chi connectivity index (χ0n) is 23.2. The molecule has 1 saturated heterocycles. The standard InChI is InChI=1S/C29H38FN5O4/c1-19(2)32-26(36)17-35-28(21-9-10-24(30)25(13-21)38-4)33-27-23(29(35)37)14-22(15-31-27)39-18-20(3)16-34-11-7-5-6-8-12-34/h9-10,13-15,19-20H,5-8,11-12,16-18H2,1-4H3,(H,32,36)/t20-/m0/s1. The lowest BCUT2D eigenvalue weighted by atomic mass is 10.1. The number of likely N-dealkylation sites (tertiary alicyclic amines) is 1. The predicted molar refractivity (Wildman–Crippen MR) is 149 cm³/mol. The highest BCUT2D eigenvalue weighted by Crippen LogP contribution is 2.26. The second-order valence-electron chi connectivity index (χ2n) is 10.6. The number of nitrogens with zero attached hydrogens (tertiary/aromatic N) is 4. The Balaban J connectivity index is 1.63. The van der Waals surface area contributed by atoms with Crippen molar-refractivity contribution in [3.8, 4) is 22.9 Å². The Labute approximate surface area is 228 Å². The number of hydrogen-bond donors (Lipinski definition) is 1. The molecule has 1 aromatic carbocycles. The fraction of sp³-hybridized carbons (Fsp3) is 0.517. The summed E-state index contributed by atoms with van der Waals surface area (Å²) in [4.78, 5) is 37.9. The second-order valence-corrected chi connectivity index (χ2v) is 10.6. The molecule has 1 aliphatic rings. The molecule has 0 radical (unpaired) electrons. The van der Waals surface area contributed by atoms with Crippen LogP contribution in [0, 0.1) is 11.7 Å². The van der Waals surface area contributed by atoms with Crippen molar-refractivity contribution >= 4 is 16.9 Å². The minimum atomic E-state index is -0.543. The lowest BCUT2D eigenvalue weighted by Gasteiger charge is -2.24. The average Bonchev–Trinajstić information content (AvgIpc) is 3.17. The third-order valence-electron chi connectivity index (χ3n) is 6.75. The Morgan fingerprint density at radius 2 is 1.87 bits per heavy atom. The van der Waals surface area contributed by atoms with Crippen LogP contribution >= 0.6 is 0 Å². The van der Waals surface area contributed by atoms with Crippen LogP contribution in [0.15, 0.2) is 35.3 Å². The van der Waals surface area contributed by atoms with E-state index in [9.17, 15) is 14.0 Å². The highest BCUT2D eigenvalue weighted by atomic mass is 19.1. The number of rotatable bonds is 10. The number of fused-ring (bicyclic) bond motifs is 1. The van der Waals surface area contributed by atoms with Crippen LogP contribution in [0.2, 0.25) is 0 Å². The van der Waals surface area contributed by atoms with Crippen molar-refractivity contribution in [3.05, 3.63) is 46.6 Å². The van der Waals surface area contributed by atoms with E-state index in [-0.39, 0.29) is 41.1 Å². The van der Waals surface area contributed by atoms with Gasteiger partial charge in [-0.2, -0.15) is 0 Å². The molecule has 210 valence electrons. The number of carbonyl (C=O) groups is 1. The van der Waals surface area contributed by atoms with Crippen LogP contribution in [0.5, 0.6) is 11.5 Å². The number of methoxy groups -OCH3 is 1. The molecule has 0 bridgehead atoms. The Morgan fingerprint density at radius 3 is 2.56 bits per heavy atom. The minimum Gasteiger partial charge on any atom is -0.494 e. The molecule has 1 atom stereocenters. The van der Waals surface area contributed by atoms with Crippen molar-refractivity contribution in [3.63, 3.8) is 0 Å². The number of aromatic nitrogens is 3. The molecular weight excluding hydrogens is 501 g/mol. The molecule has 0 spiro atoms. The summed E-state index contributed by atoms with van der Waals surface area (Å²) in [5.74, 6) is 0.0929. The van der Waals surface area contributed by atoms with Gasteiger partial charge in [0.25, 0.3) is 5.56 Å². The molecule has 4 rings (SSSR count). The van der Waals surface area contributed by atoms with Gasteiger partial charge in [-0.1, -0.05) is 19.8 Å². The van der Waals surface area contributed by atoms with Crippen LogP contribution in [0.4, 0.5) is 4.39 Å². The number of amides is 1. The molecule has 1 N–H and O–H groups in total. The molecule has 2 aromatic heterocycles. The van der Waals surface area contributed by atoms with E-state index < -0.39 is 11.4 Å². The lowest BCUT2D eigenvalue weighted by molar-refractivity contribution is -0.122. The molecule has 1 aliphatic heterocycles. The number of halogens is 1. The van der Waals surface area contributed by atoms with Gasteiger partial charge in [-0.25, -0.2) is 14.4 Å². The van der Waals surface area contributed by atoms with E-state index in [4.69, 9.17) is 9.47 Å². The number of pyridine rings is 1. The van der Waals surface area contributed by atoms with E-state index in [2.05, 4.69) is 27.1 Å². The highest BCUT2D eigenvalue weighted by molar-refractivity contribution is 5.80. The van der Waals surface area contributed by atoms with Crippen molar-refractivity contribution < 1.29 is 18.7 Å². The topological polar surface area (TPSA) is 98.6 Å². The zero-order valence-corrected chi connectivity index (χ0v) is 23.2. The monoisotopic (exact) mass is 539 g/mol. The van der Waals surface area contributed by atoms with Gasteiger partial charge in [-0.05, 0) is 64.0 Å². The number of ether oxygens (including phenoxy) is 2. The van der Waals surface area contributed by atoms with Gasteiger partial charge in [0.05, 0.1) is 25.3 Å². The van der Waals surface area contributed by atoms with E-state index in [0.29, 0.717) is 23.8 Å². The van der Waals surface area contributed by atoms with Crippen molar-refractivity contribution in [2.75, 3.05) is 33.4 Å². The summed E-state index contributed by atoms with van der Waals surface area (Å²) < 4.78 is 26.5. The van der Waals surface area contributed by atoms with Gasteiger partial charge in [-0.3, -0.25) is 14.2 Å². The SMILES string of the molecule is COc1cc(-c2nc3ncc(OC[C@@H](C)CN4CCCCCC4)cc3c(=O)n2CC(=O)NC(C)C)ccc1F. The van der Waals surface area contributed by atoms with E-state index in [0.717, 1.165) is 19.6 Å². The lowest BCUT2D eigenvalue weighted by Crippen LogP contribution is -2.37. The fourth-order valence-electron chi connectivity index (χ4n) is 4.89. The third kappa shape index (κ3) is 7.32. The molecular formula is C29H38FN5O4. The fourth-order valence-corrected chi connectivity index (χ4v) is 4.89. The Bertz CT molecular complexity index is 1350. The predicted octanol–water partition coefficient (Wildman–Crippen LogP) is 4.02. The number of benzene rings is 1. The number of carbonyl (C=O) groups excluding carboxylic acids is 1. The Morgan fingerprint density at radius 1 is 1.13 bits per heavy atom. The third-order valence-corrected chi connectivity index (χ3v) is 6.75. The van der Waals surface area contributed by atoms with Gasteiger partial charge in [0.1, 0.15) is 18.1 Å². The van der Waals surface area contributed by atoms with Crippen molar-refractivity contribution in [2.45, 2.75) is 59.0 Å². The van der Waals surface area contributed by atoms with Crippen LogP contribution in [0.3, 0.4) is 0 Å². The van der Waals surface area contributed by atoms with E-state index in [1.807, 2.05) is 13.8 Å². The first-order chi connectivity index (χ1) is 18.7. The van der Waals surface area contributed by atoms with Gasteiger partial charge in [-0.15, -0.1) is 0 Å². The maximum absolute atomic E-state index is 14.1. The normalized spacial score (nSPS) is 15.2. The second kappa shape index (κ2) is 13.0. The average molecular weight is 540 g/mol. The summed E-state index contributed by atoms with van der Waals surface area (Å²) in [6.45, 7) is 9.29. The zero-order chi connectivity index (χ0) is 27.9. The van der Waals surface area contributed by atoms with Crippen LogP contribution in [0.25, 0.3) is 22.4 Å². The van der Waals surface area contributed by atoms with Crippen molar-refractivity contribution in [1.29, 1.82) is 0 Å². The molecule has 10 heteroatoms. The Hall–Kier alpha value is -3.53. The smallest absolute Gasteiger partial charge is 0.263 e. The minimum absolute atomic E-state index is 0.00558. The molecule has 9 nitrogen and oxygen atoms in total. The van der Waals surface area contributed by atoms with Gasteiger partial charge in [0.2, 0.25) is 5.91 Å². The summed E-state index contributed by atoms with van der Waals surface area (Å²) in [5.41, 5.74) is 0.200. The molecule has 0 saturated carbocycles. The first kappa shape index (κ1) is 28.5. The molecule has 3 aromatic rings. The largest absolute Gasteiger partial charge is 0.494 e. The first-order valence-corrected chi connectivity index (χ1v) is 13.6. The van der Waals surface area contributed by atoms with Crippen LogP contribution in [-0.2, 0) is 11.3 Å². The summed E-state index contributed by atoms with van der Waals surface area (Å²) in [6.07, 6.45) is 6.63.